The van der Waals surface area contributed by atoms with Crippen LogP contribution in [0.15, 0.2) is 29.2 Å². The number of carbonyl (C=O) groups excluding carboxylic acids is 1. The summed E-state index contributed by atoms with van der Waals surface area (Å²) in [6, 6.07) is 5.65. The van der Waals surface area contributed by atoms with Crippen LogP contribution in [0.5, 0.6) is 5.75 Å². The van der Waals surface area contributed by atoms with Crippen molar-refractivity contribution < 1.29 is 22.7 Å². The van der Waals surface area contributed by atoms with E-state index in [4.69, 9.17) is 9.47 Å². The van der Waals surface area contributed by atoms with Crippen molar-refractivity contribution in [3.8, 4) is 5.75 Å². The topological polar surface area (TPSA) is 72.9 Å². The van der Waals surface area contributed by atoms with Gasteiger partial charge in [0.2, 0.25) is 10.0 Å². The minimum atomic E-state index is -3.79. The average molecular weight is 313 g/mol. The Bertz CT molecular complexity index is 614. The molecule has 0 saturated carbocycles. The van der Waals surface area contributed by atoms with Crippen molar-refractivity contribution in [3.63, 3.8) is 0 Å². The Morgan fingerprint density at radius 3 is 2.76 bits per heavy atom. The Morgan fingerprint density at radius 1 is 1.38 bits per heavy atom. The van der Waals surface area contributed by atoms with Crippen molar-refractivity contribution in [1.82, 2.24) is 4.31 Å². The first-order valence-corrected chi connectivity index (χ1v) is 8.28. The Labute approximate surface area is 124 Å². The molecule has 1 aliphatic heterocycles. The molecule has 7 heteroatoms. The summed E-state index contributed by atoms with van der Waals surface area (Å²) in [6.45, 7) is 2.24. The van der Waals surface area contributed by atoms with Crippen LogP contribution in [-0.4, -0.2) is 45.0 Å². The van der Waals surface area contributed by atoms with Crippen LogP contribution in [0.1, 0.15) is 19.8 Å². The Hall–Kier alpha value is -1.60. The number of hydrogen-bond acceptors (Lipinski definition) is 5. The van der Waals surface area contributed by atoms with E-state index in [1.807, 2.05) is 0 Å². The Kier molecular flexibility index (Phi) is 4.84. The molecule has 1 atom stereocenters. The molecule has 1 aromatic rings. The molecule has 0 spiro atoms. The van der Waals surface area contributed by atoms with Crippen LogP contribution in [0, 0.1) is 0 Å². The number of ether oxygens (including phenoxy) is 2. The molecule has 0 aliphatic carbocycles. The number of benzene rings is 1. The van der Waals surface area contributed by atoms with Crippen LogP contribution in [0.2, 0.25) is 0 Å². The number of sulfonamides is 1. The van der Waals surface area contributed by atoms with Crippen molar-refractivity contribution in [2.24, 2.45) is 0 Å². The van der Waals surface area contributed by atoms with Crippen molar-refractivity contribution in [2.75, 3.05) is 20.3 Å². The van der Waals surface area contributed by atoms with Crippen molar-refractivity contribution >= 4 is 16.0 Å². The van der Waals surface area contributed by atoms with E-state index in [0.717, 1.165) is 0 Å². The van der Waals surface area contributed by atoms with Gasteiger partial charge in [-0.1, -0.05) is 12.1 Å². The van der Waals surface area contributed by atoms with E-state index in [2.05, 4.69) is 0 Å². The lowest BCUT2D eigenvalue weighted by Gasteiger charge is -2.23. The maximum Gasteiger partial charge on any atom is 0.324 e. The van der Waals surface area contributed by atoms with Gasteiger partial charge in [0, 0.05) is 6.54 Å². The average Bonchev–Trinajstić information content (AvgIpc) is 2.97. The zero-order valence-corrected chi connectivity index (χ0v) is 12.9. The van der Waals surface area contributed by atoms with Gasteiger partial charge in [0.05, 0.1) is 13.7 Å². The van der Waals surface area contributed by atoms with Crippen LogP contribution in [-0.2, 0) is 19.6 Å². The summed E-state index contributed by atoms with van der Waals surface area (Å²) in [5, 5.41) is 0. The highest BCUT2D eigenvalue weighted by molar-refractivity contribution is 7.89. The van der Waals surface area contributed by atoms with Crippen molar-refractivity contribution in [3.05, 3.63) is 24.3 Å². The second-order valence-corrected chi connectivity index (χ2v) is 6.54. The largest absolute Gasteiger partial charge is 0.495 e. The molecule has 1 saturated heterocycles. The molecule has 1 unspecified atom stereocenters. The lowest BCUT2D eigenvalue weighted by atomic mass is 10.2. The van der Waals surface area contributed by atoms with Gasteiger partial charge < -0.3 is 9.47 Å². The molecule has 0 radical (unpaired) electrons. The van der Waals surface area contributed by atoms with Gasteiger partial charge in [-0.15, -0.1) is 0 Å². The number of esters is 1. The molecule has 0 amide bonds. The summed E-state index contributed by atoms with van der Waals surface area (Å²) in [6.07, 6.45) is 1.12. The minimum Gasteiger partial charge on any atom is -0.495 e. The SMILES string of the molecule is CCOC(=O)C1CCCN1S(=O)(=O)c1ccccc1OC. The molecule has 0 aromatic heterocycles. The van der Waals surface area contributed by atoms with Gasteiger partial charge in [-0.2, -0.15) is 4.31 Å². The maximum atomic E-state index is 12.8. The first-order chi connectivity index (χ1) is 10.0. The van der Waals surface area contributed by atoms with Gasteiger partial charge in [0.15, 0.2) is 0 Å². The molecule has 21 heavy (non-hydrogen) atoms. The molecule has 1 heterocycles. The van der Waals surface area contributed by atoms with Crippen LogP contribution >= 0.6 is 0 Å². The fourth-order valence-electron chi connectivity index (χ4n) is 2.46. The zero-order valence-electron chi connectivity index (χ0n) is 12.1. The van der Waals surface area contributed by atoms with E-state index in [1.54, 1.807) is 25.1 Å². The van der Waals surface area contributed by atoms with E-state index in [0.29, 0.717) is 19.4 Å². The lowest BCUT2D eigenvalue weighted by molar-refractivity contribution is -0.146. The molecular formula is C14H19NO5S. The van der Waals surface area contributed by atoms with Gasteiger partial charge in [-0.05, 0) is 31.9 Å². The van der Waals surface area contributed by atoms with E-state index < -0.39 is 22.0 Å². The number of hydrogen-bond donors (Lipinski definition) is 0. The molecule has 1 aliphatic rings. The fraction of sp³-hybridized carbons (Fsp3) is 0.500. The van der Waals surface area contributed by atoms with Crippen LogP contribution in [0.4, 0.5) is 0 Å². The zero-order chi connectivity index (χ0) is 15.5. The number of methoxy groups -OCH3 is 1. The summed E-state index contributed by atoms with van der Waals surface area (Å²) in [5.74, 6) is -0.222. The molecule has 6 nitrogen and oxygen atoms in total. The van der Waals surface area contributed by atoms with Gasteiger partial charge >= 0.3 is 5.97 Å². The molecule has 2 rings (SSSR count). The molecule has 0 bridgehead atoms. The van der Waals surface area contributed by atoms with Crippen LogP contribution in [0.3, 0.4) is 0 Å². The summed E-state index contributed by atoms with van der Waals surface area (Å²) in [7, 11) is -2.37. The Balaban J connectivity index is 2.36. The van der Waals surface area contributed by atoms with Gasteiger partial charge in [0.1, 0.15) is 16.7 Å². The predicted molar refractivity (Wildman–Crippen MR) is 76.5 cm³/mol. The van der Waals surface area contributed by atoms with E-state index in [1.165, 1.54) is 17.5 Å². The highest BCUT2D eigenvalue weighted by Crippen LogP contribution is 2.31. The maximum absolute atomic E-state index is 12.8. The summed E-state index contributed by atoms with van der Waals surface area (Å²) in [4.78, 5) is 12.0. The van der Waals surface area contributed by atoms with Gasteiger partial charge in [-0.25, -0.2) is 8.42 Å². The number of nitrogens with zero attached hydrogens (tertiary/aromatic N) is 1. The summed E-state index contributed by atoms with van der Waals surface area (Å²) < 4.78 is 36.8. The number of rotatable bonds is 5. The third-order valence-electron chi connectivity index (χ3n) is 3.42. The van der Waals surface area contributed by atoms with Crippen molar-refractivity contribution in [2.45, 2.75) is 30.7 Å². The van der Waals surface area contributed by atoms with Crippen molar-refractivity contribution in [1.29, 1.82) is 0 Å². The smallest absolute Gasteiger partial charge is 0.324 e. The third-order valence-corrected chi connectivity index (χ3v) is 5.37. The first kappa shape index (κ1) is 15.8. The quantitative estimate of drug-likeness (QED) is 0.769. The summed E-state index contributed by atoms with van der Waals surface area (Å²) in [5.41, 5.74) is 0. The van der Waals surface area contributed by atoms with Crippen LogP contribution < -0.4 is 4.74 Å². The molecule has 1 fully saturated rings. The van der Waals surface area contributed by atoms with Crippen LogP contribution in [0.25, 0.3) is 0 Å². The first-order valence-electron chi connectivity index (χ1n) is 6.84. The molecular weight excluding hydrogens is 294 g/mol. The fourth-order valence-corrected chi connectivity index (χ4v) is 4.26. The predicted octanol–water partition coefficient (Wildman–Crippen LogP) is 1.41. The van der Waals surface area contributed by atoms with E-state index in [-0.39, 0.29) is 17.3 Å². The minimum absolute atomic E-state index is 0.0729. The Morgan fingerprint density at radius 2 is 2.10 bits per heavy atom. The third kappa shape index (κ3) is 3.03. The standard InChI is InChI=1S/C14H19NO5S/c1-3-20-14(16)11-7-6-10-15(11)21(17,18)13-9-5-4-8-12(13)19-2/h4-5,8-9,11H,3,6-7,10H2,1-2H3. The van der Waals surface area contributed by atoms with Gasteiger partial charge in [-0.3, -0.25) is 4.79 Å². The summed E-state index contributed by atoms with van der Waals surface area (Å²) >= 11 is 0. The second-order valence-electron chi connectivity index (χ2n) is 4.68. The highest BCUT2D eigenvalue weighted by Gasteiger charge is 2.41. The van der Waals surface area contributed by atoms with E-state index in [9.17, 15) is 13.2 Å². The molecule has 116 valence electrons. The highest BCUT2D eigenvalue weighted by atomic mass is 32.2. The van der Waals surface area contributed by atoms with Gasteiger partial charge in [0.25, 0.3) is 0 Å². The monoisotopic (exact) mass is 313 g/mol. The lowest BCUT2D eigenvalue weighted by Crippen LogP contribution is -2.41. The molecule has 1 aromatic carbocycles. The number of para-hydroxylation sites is 1. The second kappa shape index (κ2) is 6.44. The normalized spacial score (nSPS) is 19.4. The molecule has 0 N–H and O–H groups in total. The van der Waals surface area contributed by atoms with E-state index >= 15 is 0 Å². The number of carbonyl (C=O) groups is 1.